The Labute approximate surface area is 112 Å². The zero-order valence-electron chi connectivity index (χ0n) is 10.7. The third-order valence-electron chi connectivity index (χ3n) is 3.53. The van der Waals surface area contributed by atoms with E-state index in [-0.39, 0.29) is 12.5 Å². The average Bonchev–Trinajstić information content (AvgIpc) is 2.41. The minimum atomic E-state index is -0.761. The lowest BCUT2D eigenvalue weighted by atomic mass is 9.98. The van der Waals surface area contributed by atoms with E-state index in [9.17, 15) is 4.79 Å². The highest BCUT2D eigenvalue weighted by atomic mass is 16.4. The van der Waals surface area contributed by atoms with Gasteiger partial charge in [-0.15, -0.1) is 0 Å². The highest BCUT2D eigenvalue weighted by Crippen LogP contribution is 2.22. The summed E-state index contributed by atoms with van der Waals surface area (Å²) in [4.78, 5) is 17.1. The van der Waals surface area contributed by atoms with Crippen molar-refractivity contribution in [3.63, 3.8) is 0 Å². The van der Waals surface area contributed by atoms with Gasteiger partial charge in [-0.05, 0) is 25.5 Å². The Kier molecular flexibility index (Phi) is 4.48. The van der Waals surface area contributed by atoms with Crippen LogP contribution < -0.4 is 0 Å². The van der Waals surface area contributed by atoms with Crippen LogP contribution in [-0.4, -0.2) is 33.5 Å². The van der Waals surface area contributed by atoms with E-state index in [1.165, 1.54) is 0 Å². The highest BCUT2D eigenvalue weighted by Gasteiger charge is 2.25. The normalized spacial score (nSPS) is 19.8. The molecule has 1 aromatic rings. The number of likely N-dealkylation sites (tertiary alicyclic amines) is 1. The summed E-state index contributed by atoms with van der Waals surface area (Å²) in [5.74, 6) is -0.761. The molecule has 0 amide bonds. The van der Waals surface area contributed by atoms with E-state index in [0.29, 0.717) is 12.2 Å². The molecule has 1 fully saturated rings. The predicted molar refractivity (Wildman–Crippen MR) is 69.3 cm³/mol. The molecule has 1 aromatic heterocycles. The number of hydrogen-bond acceptors (Lipinski definition) is 4. The van der Waals surface area contributed by atoms with E-state index in [1.807, 2.05) is 12.1 Å². The summed E-state index contributed by atoms with van der Waals surface area (Å²) >= 11 is 0. The van der Waals surface area contributed by atoms with E-state index >= 15 is 0 Å². The lowest BCUT2D eigenvalue weighted by molar-refractivity contribution is -0.138. The molecule has 0 saturated carbocycles. The van der Waals surface area contributed by atoms with E-state index in [1.54, 1.807) is 6.20 Å². The predicted octanol–water partition coefficient (Wildman–Crippen LogP) is 1.78. The number of carbonyl (C=O) groups is 1. The molecule has 0 radical (unpaired) electrons. The van der Waals surface area contributed by atoms with Gasteiger partial charge >= 0.3 is 5.97 Å². The van der Waals surface area contributed by atoms with Crippen LogP contribution in [0.2, 0.25) is 0 Å². The second-order valence-electron chi connectivity index (χ2n) is 4.84. The van der Waals surface area contributed by atoms with Gasteiger partial charge in [0.25, 0.3) is 0 Å². The number of piperidine rings is 1. The molecule has 1 aliphatic heterocycles. The molecule has 1 saturated heterocycles. The fraction of sp³-hybridized carbons (Fsp3) is 0.500. The van der Waals surface area contributed by atoms with Crippen molar-refractivity contribution < 1.29 is 9.90 Å². The fourth-order valence-electron chi connectivity index (χ4n) is 2.59. The van der Waals surface area contributed by atoms with Crippen LogP contribution in [0.15, 0.2) is 18.3 Å². The van der Waals surface area contributed by atoms with Crippen LogP contribution in [0, 0.1) is 11.3 Å². The Morgan fingerprint density at radius 2 is 2.42 bits per heavy atom. The average molecular weight is 259 g/mol. The van der Waals surface area contributed by atoms with Crippen molar-refractivity contribution >= 4 is 5.97 Å². The SMILES string of the molecule is N#Cc1ncccc1CN1CCCCC1CC(=O)O. The minimum absolute atomic E-state index is 0.0676. The third kappa shape index (κ3) is 3.52. The van der Waals surface area contributed by atoms with Gasteiger partial charge in [0.2, 0.25) is 0 Å². The molecule has 100 valence electrons. The van der Waals surface area contributed by atoms with Crippen LogP contribution in [0.1, 0.15) is 36.9 Å². The molecule has 0 bridgehead atoms. The van der Waals surface area contributed by atoms with E-state index in [0.717, 1.165) is 31.4 Å². The first kappa shape index (κ1) is 13.5. The molecule has 1 aliphatic rings. The standard InChI is InChI=1S/C14H17N3O2/c15-9-13-11(4-3-6-16-13)10-17-7-2-1-5-12(17)8-14(18)19/h3-4,6,12H,1-2,5,7-8,10H2,(H,18,19). The number of rotatable bonds is 4. The summed E-state index contributed by atoms with van der Waals surface area (Å²) in [6.07, 6.45) is 4.84. The number of nitriles is 1. The molecule has 1 unspecified atom stereocenters. The van der Waals surface area contributed by atoms with Crippen LogP contribution in [0.5, 0.6) is 0 Å². The molecule has 1 N–H and O–H groups in total. The van der Waals surface area contributed by atoms with Crippen molar-refractivity contribution in [1.29, 1.82) is 5.26 Å². The van der Waals surface area contributed by atoms with E-state index in [4.69, 9.17) is 10.4 Å². The summed E-state index contributed by atoms with van der Waals surface area (Å²) < 4.78 is 0. The molecule has 5 heteroatoms. The van der Waals surface area contributed by atoms with Crippen molar-refractivity contribution in [3.05, 3.63) is 29.6 Å². The number of nitrogens with zero attached hydrogens (tertiary/aromatic N) is 3. The first-order valence-electron chi connectivity index (χ1n) is 6.50. The van der Waals surface area contributed by atoms with Crippen molar-refractivity contribution in [2.45, 2.75) is 38.3 Å². The third-order valence-corrected chi connectivity index (χ3v) is 3.53. The Morgan fingerprint density at radius 3 is 3.16 bits per heavy atom. The minimum Gasteiger partial charge on any atom is -0.481 e. The van der Waals surface area contributed by atoms with Crippen molar-refractivity contribution in [3.8, 4) is 6.07 Å². The van der Waals surface area contributed by atoms with Crippen molar-refractivity contribution in [2.24, 2.45) is 0 Å². The summed E-state index contributed by atoms with van der Waals surface area (Å²) in [7, 11) is 0. The number of carboxylic acids is 1. The van der Waals surface area contributed by atoms with Crippen LogP contribution in [0.4, 0.5) is 0 Å². The van der Waals surface area contributed by atoms with E-state index in [2.05, 4.69) is 16.0 Å². The number of carboxylic acid groups (broad SMARTS) is 1. The summed E-state index contributed by atoms with van der Waals surface area (Å²) in [5.41, 5.74) is 1.31. The van der Waals surface area contributed by atoms with Gasteiger partial charge in [0.15, 0.2) is 0 Å². The van der Waals surface area contributed by atoms with Gasteiger partial charge in [0.05, 0.1) is 6.42 Å². The molecule has 1 atom stereocenters. The van der Waals surface area contributed by atoms with Gasteiger partial charge in [0, 0.05) is 24.3 Å². The Balaban J connectivity index is 2.11. The van der Waals surface area contributed by atoms with Crippen LogP contribution >= 0.6 is 0 Å². The quantitative estimate of drug-likeness (QED) is 0.891. The molecule has 5 nitrogen and oxygen atoms in total. The maximum Gasteiger partial charge on any atom is 0.304 e. The fourth-order valence-corrected chi connectivity index (χ4v) is 2.59. The molecule has 0 spiro atoms. The van der Waals surface area contributed by atoms with Crippen molar-refractivity contribution in [1.82, 2.24) is 9.88 Å². The first-order chi connectivity index (χ1) is 9.20. The maximum absolute atomic E-state index is 10.9. The topological polar surface area (TPSA) is 77.2 Å². The zero-order valence-corrected chi connectivity index (χ0v) is 10.7. The Morgan fingerprint density at radius 1 is 1.58 bits per heavy atom. The number of hydrogen-bond donors (Lipinski definition) is 1. The highest BCUT2D eigenvalue weighted by molar-refractivity contribution is 5.67. The largest absolute Gasteiger partial charge is 0.481 e. The molecular formula is C14H17N3O2. The summed E-state index contributed by atoms with van der Waals surface area (Å²) in [5, 5.41) is 18.0. The second kappa shape index (κ2) is 6.30. The monoisotopic (exact) mass is 259 g/mol. The molecule has 0 aromatic carbocycles. The second-order valence-corrected chi connectivity index (χ2v) is 4.84. The van der Waals surface area contributed by atoms with Gasteiger partial charge in [-0.3, -0.25) is 9.69 Å². The summed E-state index contributed by atoms with van der Waals surface area (Å²) in [6.45, 7) is 1.49. The van der Waals surface area contributed by atoms with Crippen LogP contribution in [0.3, 0.4) is 0 Å². The number of aliphatic carboxylic acids is 1. The Hall–Kier alpha value is -1.93. The number of pyridine rings is 1. The van der Waals surface area contributed by atoms with Gasteiger partial charge in [-0.25, -0.2) is 4.98 Å². The zero-order chi connectivity index (χ0) is 13.7. The lowest BCUT2D eigenvalue weighted by Crippen LogP contribution is -2.40. The first-order valence-corrected chi connectivity index (χ1v) is 6.50. The van der Waals surface area contributed by atoms with Gasteiger partial charge in [-0.1, -0.05) is 12.5 Å². The molecule has 0 aliphatic carbocycles. The molecule has 19 heavy (non-hydrogen) atoms. The smallest absolute Gasteiger partial charge is 0.304 e. The van der Waals surface area contributed by atoms with Gasteiger partial charge in [-0.2, -0.15) is 5.26 Å². The lowest BCUT2D eigenvalue weighted by Gasteiger charge is -2.35. The molecular weight excluding hydrogens is 242 g/mol. The maximum atomic E-state index is 10.9. The van der Waals surface area contributed by atoms with E-state index < -0.39 is 5.97 Å². The van der Waals surface area contributed by atoms with Gasteiger partial charge < -0.3 is 5.11 Å². The van der Waals surface area contributed by atoms with Crippen LogP contribution in [0.25, 0.3) is 0 Å². The van der Waals surface area contributed by atoms with Crippen molar-refractivity contribution in [2.75, 3.05) is 6.54 Å². The number of aromatic nitrogens is 1. The van der Waals surface area contributed by atoms with Gasteiger partial charge in [0.1, 0.15) is 11.8 Å². The molecule has 2 rings (SSSR count). The Bertz CT molecular complexity index is 496. The molecule has 2 heterocycles. The summed E-state index contributed by atoms with van der Waals surface area (Å²) in [6, 6.07) is 5.85. The van der Waals surface area contributed by atoms with Crippen LogP contribution in [-0.2, 0) is 11.3 Å².